The monoisotopic (exact) mass is 175 g/mol. The summed E-state index contributed by atoms with van der Waals surface area (Å²) in [5, 5.41) is 3.06. The minimum Gasteiger partial charge on any atom is -0.314 e. The summed E-state index contributed by atoms with van der Waals surface area (Å²) in [5.74, 6) is 0. The summed E-state index contributed by atoms with van der Waals surface area (Å²) in [6, 6.07) is 0. The van der Waals surface area contributed by atoms with Crippen LogP contribution in [0.15, 0.2) is 0 Å². The summed E-state index contributed by atoms with van der Waals surface area (Å²) in [5.41, 5.74) is 0.456. The molecule has 0 aliphatic carbocycles. The van der Waals surface area contributed by atoms with E-state index in [1.54, 1.807) is 0 Å². The third-order valence-electron chi connectivity index (χ3n) is 2.44. The maximum Gasteiger partial charge on any atom is 0.102 e. The van der Waals surface area contributed by atoms with E-state index in [-0.39, 0.29) is 6.67 Å². The van der Waals surface area contributed by atoms with Gasteiger partial charge in [-0.2, -0.15) is 0 Å². The van der Waals surface area contributed by atoms with E-state index in [1.807, 2.05) is 0 Å². The smallest absolute Gasteiger partial charge is 0.102 e. The molecule has 1 N–H and O–H groups in total. The van der Waals surface area contributed by atoms with E-state index in [9.17, 15) is 4.39 Å². The van der Waals surface area contributed by atoms with Gasteiger partial charge in [-0.3, -0.25) is 0 Å². The summed E-state index contributed by atoms with van der Waals surface area (Å²) in [6.07, 6.45) is 3.60. The van der Waals surface area contributed by atoms with Crippen LogP contribution in [0, 0.1) is 5.41 Å². The SMILES string of the molecule is CCC(C)(C)CCCNCCF. The summed E-state index contributed by atoms with van der Waals surface area (Å²) >= 11 is 0. The lowest BCUT2D eigenvalue weighted by molar-refractivity contribution is 0.309. The summed E-state index contributed by atoms with van der Waals surface area (Å²) in [4.78, 5) is 0. The van der Waals surface area contributed by atoms with Gasteiger partial charge < -0.3 is 5.32 Å². The van der Waals surface area contributed by atoms with E-state index < -0.39 is 0 Å². The molecule has 0 bridgehead atoms. The van der Waals surface area contributed by atoms with Crippen molar-refractivity contribution in [1.29, 1.82) is 0 Å². The van der Waals surface area contributed by atoms with E-state index in [0.29, 0.717) is 12.0 Å². The predicted octanol–water partition coefficient (Wildman–Crippen LogP) is 2.76. The topological polar surface area (TPSA) is 12.0 Å². The molecule has 0 aromatic carbocycles. The Kier molecular flexibility index (Phi) is 6.35. The second kappa shape index (κ2) is 6.41. The Labute approximate surface area is 75.7 Å². The van der Waals surface area contributed by atoms with Gasteiger partial charge >= 0.3 is 0 Å². The third-order valence-corrected chi connectivity index (χ3v) is 2.44. The number of hydrogen-bond donors (Lipinski definition) is 1. The molecule has 0 fully saturated rings. The quantitative estimate of drug-likeness (QED) is 0.587. The van der Waals surface area contributed by atoms with Gasteiger partial charge in [0.1, 0.15) is 6.67 Å². The van der Waals surface area contributed by atoms with Gasteiger partial charge in [0.25, 0.3) is 0 Å². The molecule has 0 aliphatic heterocycles. The van der Waals surface area contributed by atoms with E-state index in [2.05, 4.69) is 26.1 Å². The molecule has 0 unspecified atom stereocenters. The van der Waals surface area contributed by atoms with Crippen molar-refractivity contribution in [3.8, 4) is 0 Å². The van der Waals surface area contributed by atoms with Gasteiger partial charge in [0.15, 0.2) is 0 Å². The van der Waals surface area contributed by atoms with Crippen molar-refractivity contribution < 1.29 is 4.39 Å². The lowest BCUT2D eigenvalue weighted by atomic mass is 9.85. The van der Waals surface area contributed by atoms with E-state index in [0.717, 1.165) is 13.0 Å². The predicted molar refractivity (Wildman–Crippen MR) is 52.2 cm³/mol. The summed E-state index contributed by atoms with van der Waals surface area (Å²) < 4.78 is 11.7. The summed E-state index contributed by atoms with van der Waals surface area (Å²) in [7, 11) is 0. The Hall–Kier alpha value is -0.110. The van der Waals surface area contributed by atoms with Crippen molar-refractivity contribution in [1.82, 2.24) is 5.32 Å². The average molecular weight is 175 g/mol. The van der Waals surface area contributed by atoms with Gasteiger partial charge in [-0.15, -0.1) is 0 Å². The van der Waals surface area contributed by atoms with Crippen LogP contribution in [0.4, 0.5) is 4.39 Å². The van der Waals surface area contributed by atoms with Gasteiger partial charge in [0.05, 0.1) is 0 Å². The van der Waals surface area contributed by atoms with Crippen LogP contribution >= 0.6 is 0 Å². The van der Waals surface area contributed by atoms with Crippen LogP contribution in [0.25, 0.3) is 0 Å². The molecule has 12 heavy (non-hydrogen) atoms. The fourth-order valence-electron chi connectivity index (χ4n) is 1.06. The van der Waals surface area contributed by atoms with Gasteiger partial charge in [-0.25, -0.2) is 4.39 Å². The first-order chi connectivity index (χ1) is 5.62. The second-order valence-electron chi connectivity index (χ2n) is 4.06. The number of nitrogens with one attached hydrogen (secondary N) is 1. The normalized spacial score (nSPS) is 12.0. The van der Waals surface area contributed by atoms with Crippen LogP contribution in [-0.4, -0.2) is 19.8 Å². The molecule has 0 aliphatic rings. The van der Waals surface area contributed by atoms with Crippen molar-refractivity contribution in [2.45, 2.75) is 40.0 Å². The zero-order valence-corrected chi connectivity index (χ0v) is 8.62. The van der Waals surface area contributed by atoms with Crippen molar-refractivity contribution >= 4 is 0 Å². The Morgan fingerprint density at radius 2 is 1.92 bits per heavy atom. The first-order valence-corrected chi connectivity index (χ1v) is 4.89. The molecular formula is C10H22FN. The van der Waals surface area contributed by atoms with Crippen LogP contribution in [0.2, 0.25) is 0 Å². The Morgan fingerprint density at radius 3 is 2.42 bits per heavy atom. The average Bonchev–Trinajstić information content (AvgIpc) is 2.04. The maximum absolute atomic E-state index is 11.7. The number of hydrogen-bond acceptors (Lipinski definition) is 1. The van der Waals surface area contributed by atoms with E-state index in [1.165, 1.54) is 12.8 Å². The third kappa shape index (κ3) is 6.59. The number of halogens is 1. The molecule has 0 saturated heterocycles. The Bertz CT molecular complexity index is 102. The first-order valence-electron chi connectivity index (χ1n) is 4.89. The fourth-order valence-corrected chi connectivity index (χ4v) is 1.06. The highest BCUT2D eigenvalue weighted by molar-refractivity contribution is 4.66. The van der Waals surface area contributed by atoms with Gasteiger partial charge in [-0.05, 0) is 24.8 Å². The number of alkyl halides is 1. The summed E-state index contributed by atoms with van der Waals surface area (Å²) in [6.45, 7) is 7.98. The molecular weight excluding hydrogens is 153 g/mol. The van der Waals surface area contributed by atoms with Crippen molar-refractivity contribution in [2.75, 3.05) is 19.8 Å². The van der Waals surface area contributed by atoms with Crippen LogP contribution < -0.4 is 5.32 Å². The first kappa shape index (κ1) is 11.9. The van der Waals surface area contributed by atoms with Crippen molar-refractivity contribution in [3.63, 3.8) is 0 Å². The van der Waals surface area contributed by atoms with Crippen molar-refractivity contribution in [2.24, 2.45) is 5.41 Å². The molecule has 0 spiro atoms. The van der Waals surface area contributed by atoms with Crippen molar-refractivity contribution in [3.05, 3.63) is 0 Å². The zero-order chi connectivity index (χ0) is 9.45. The Morgan fingerprint density at radius 1 is 1.25 bits per heavy atom. The molecule has 0 amide bonds. The lowest BCUT2D eigenvalue weighted by Crippen LogP contribution is -2.20. The highest BCUT2D eigenvalue weighted by Crippen LogP contribution is 2.25. The van der Waals surface area contributed by atoms with Crippen LogP contribution in [0.3, 0.4) is 0 Å². The molecule has 0 rings (SSSR count). The molecule has 74 valence electrons. The highest BCUT2D eigenvalue weighted by atomic mass is 19.1. The van der Waals surface area contributed by atoms with E-state index >= 15 is 0 Å². The molecule has 0 atom stereocenters. The standard InChI is InChI=1S/C10H22FN/c1-4-10(2,3)6-5-8-12-9-7-11/h12H,4-9H2,1-3H3. The molecule has 2 heteroatoms. The second-order valence-corrected chi connectivity index (χ2v) is 4.06. The Balaban J connectivity index is 3.19. The lowest BCUT2D eigenvalue weighted by Gasteiger charge is -2.22. The molecule has 0 heterocycles. The van der Waals surface area contributed by atoms with Gasteiger partial charge in [0, 0.05) is 6.54 Å². The van der Waals surface area contributed by atoms with Crippen LogP contribution in [0.1, 0.15) is 40.0 Å². The highest BCUT2D eigenvalue weighted by Gasteiger charge is 2.13. The molecule has 0 aromatic rings. The van der Waals surface area contributed by atoms with Crippen LogP contribution in [0.5, 0.6) is 0 Å². The van der Waals surface area contributed by atoms with Crippen LogP contribution in [-0.2, 0) is 0 Å². The molecule has 1 nitrogen and oxygen atoms in total. The minimum absolute atomic E-state index is 0.253. The number of rotatable bonds is 7. The molecule has 0 saturated carbocycles. The molecule has 0 aromatic heterocycles. The molecule has 0 radical (unpaired) electrons. The van der Waals surface area contributed by atoms with Gasteiger partial charge in [0.2, 0.25) is 0 Å². The van der Waals surface area contributed by atoms with E-state index in [4.69, 9.17) is 0 Å². The zero-order valence-electron chi connectivity index (χ0n) is 8.62. The largest absolute Gasteiger partial charge is 0.314 e. The minimum atomic E-state index is -0.253. The maximum atomic E-state index is 11.7. The fraction of sp³-hybridized carbons (Fsp3) is 1.00. The van der Waals surface area contributed by atoms with Gasteiger partial charge in [-0.1, -0.05) is 27.2 Å².